The maximum Gasteiger partial charge on any atom is 0.433 e. The minimum atomic E-state index is -0.638. The van der Waals surface area contributed by atoms with Crippen LogP contribution in [0.3, 0.4) is 0 Å². The van der Waals surface area contributed by atoms with Gasteiger partial charge in [-0.05, 0) is 18.4 Å². The van der Waals surface area contributed by atoms with E-state index in [0.29, 0.717) is 12.5 Å². The third-order valence-corrected chi connectivity index (χ3v) is 3.69. The summed E-state index contributed by atoms with van der Waals surface area (Å²) in [5.74, 6) is -0.0916. The van der Waals surface area contributed by atoms with Gasteiger partial charge in [-0.15, -0.1) is 0 Å². The van der Waals surface area contributed by atoms with Crippen molar-refractivity contribution in [1.29, 1.82) is 0 Å². The van der Waals surface area contributed by atoms with E-state index in [0.717, 1.165) is 19.5 Å². The number of nitro groups is 1. The number of carbonyl (C=O) groups is 1. The summed E-state index contributed by atoms with van der Waals surface area (Å²) in [6.45, 7) is 2.43. The molecule has 2 saturated heterocycles. The van der Waals surface area contributed by atoms with Crippen LogP contribution < -0.4 is 5.32 Å². The molecule has 0 aliphatic carbocycles. The van der Waals surface area contributed by atoms with Gasteiger partial charge in [0.15, 0.2) is 5.76 Å². The van der Waals surface area contributed by atoms with Crippen LogP contribution in [-0.2, 0) is 0 Å². The fourth-order valence-electron chi connectivity index (χ4n) is 2.78. The van der Waals surface area contributed by atoms with Gasteiger partial charge in [-0.3, -0.25) is 14.9 Å². The van der Waals surface area contributed by atoms with Crippen molar-refractivity contribution in [3.63, 3.8) is 0 Å². The fourth-order valence-corrected chi connectivity index (χ4v) is 2.78. The summed E-state index contributed by atoms with van der Waals surface area (Å²) in [4.78, 5) is 23.8. The number of rotatable bonds is 2. The van der Waals surface area contributed by atoms with Crippen LogP contribution in [0.5, 0.6) is 0 Å². The van der Waals surface area contributed by atoms with Crippen molar-refractivity contribution in [2.45, 2.75) is 12.5 Å². The molecule has 2 aliphatic heterocycles. The standard InChI is InChI=1S/C11H13N3O4/c15-11(9-1-2-10(18-9)14(16)17)13-4-3-7-5-12-6-8(7)13/h1-2,7-8,12H,3-6H2/t7-,8+/m0/s1. The van der Waals surface area contributed by atoms with Crippen LogP contribution in [0.1, 0.15) is 17.0 Å². The summed E-state index contributed by atoms with van der Waals surface area (Å²) in [6.07, 6.45) is 0.978. The molecule has 2 fully saturated rings. The molecule has 18 heavy (non-hydrogen) atoms. The highest BCUT2D eigenvalue weighted by Crippen LogP contribution is 2.29. The van der Waals surface area contributed by atoms with Crippen molar-refractivity contribution >= 4 is 11.8 Å². The largest absolute Gasteiger partial charge is 0.433 e. The van der Waals surface area contributed by atoms with Crippen molar-refractivity contribution in [2.75, 3.05) is 19.6 Å². The molecule has 3 rings (SSSR count). The Morgan fingerprint density at radius 3 is 3.06 bits per heavy atom. The van der Waals surface area contributed by atoms with Gasteiger partial charge < -0.3 is 14.6 Å². The highest BCUT2D eigenvalue weighted by molar-refractivity contribution is 5.92. The SMILES string of the molecule is O=C(c1ccc([N+](=O)[O-])o1)N1CC[C@H]2CNC[C@H]21. The molecule has 96 valence electrons. The van der Waals surface area contributed by atoms with Crippen molar-refractivity contribution in [2.24, 2.45) is 5.92 Å². The Balaban J connectivity index is 1.79. The van der Waals surface area contributed by atoms with E-state index < -0.39 is 10.8 Å². The lowest BCUT2D eigenvalue weighted by molar-refractivity contribution is -0.402. The third kappa shape index (κ3) is 1.67. The number of nitrogens with one attached hydrogen (secondary N) is 1. The Hall–Kier alpha value is -1.89. The quantitative estimate of drug-likeness (QED) is 0.615. The van der Waals surface area contributed by atoms with E-state index >= 15 is 0 Å². The van der Waals surface area contributed by atoms with Gasteiger partial charge in [0.25, 0.3) is 5.91 Å². The molecule has 0 spiro atoms. The first-order valence-electron chi connectivity index (χ1n) is 5.93. The molecule has 0 bridgehead atoms. The van der Waals surface area contributed by atoms with Gasteiger partial charge in [0, 0.05) is 25.7 Å². The molecule has 1 aromatic rings. The predicted octanol–water partition coefficient (Wildman–Crippen LogP) is 0.622. The van der Waals surface area contributed by atoms with E-state index in [2.05, 4.69) is 5.32 Å². The van der Waals surface area contributed by atoms with Crippen LogP contribution in [-0.4, -0.2) is 41.4 Å². The van der Waals surface area contributed by atoms with Crippen LogP contribution in [0.2, 0.25) is 0 Å². The van der Waals surface area contributed by atoms with Gasteiger partial charge in [0.2, 0.25) is 0 Å². The normalized spacial score (nSPS) is 26.3. The molecule has 0 saturated carbocycles. The van der Waals surface area contributed by atoms with E-state index in [4.69, 9.17) is 4.42 Å². The molecule has 3 heterocycles. The summed E-state index contributed by atoms with van der Waals surface area (Å²) in [5.41, 5.74) is 0. The van der Waals surface area contributed by atoms with Crippen LogP contribution in [0.4, 0.5) is 5.88 Å². The third-order valence-electron chi connectivity index (χ3n) is 3.69. The molecule has 1 N–H and O–H groups in total. The monoisotopic (exact) mass is 251 g/mol. The van der Waals surface area contributed by atoms with Crippen molar-refractivity contribution in [1.82, 2.24) is 10.2 Å². The average Bonchev–Trinajstić information content (AvgIpc) is 3.04. The van der Waals surface area contributed by atoms with E-state index in [-0.39, 0.29) is 17.7 Å². The molecule has 0 aromatic carbocycles. The second-order valence-corrected chi connectivity index (χ2v) is 4.67. The van der Waals surface area contributed by atoms with Crippen LogP contribution in [0, 0.1) is 16.0 Å². The first-order chi connectivity index (χ1) is 8.66. The molecule has 0 unspecified atom stereocenters. The van der Waals surface area contributed by atoms with Crippen molar-refractivity contribution < 1.29 is 14.1 Å². The number of hydrogen-bond acceptors (Lipinski definition) is 5. The van der Waals surface area contributed by atoms with E-state index in [1.807, 2.05) is 0 Å². The fraction of sp³-hybridized carbons (Fsp3) is 0.545. The molecule has 1 aromatic heterocycles. The van der Waals surface area contributed by atoms with Gasteiger partial charge in [-0.25, -0.2) is 0 Å². The molecule has 7 heteroatoms. The number of amides is 1. The predicted molar refractivity (Wildman–Crippen MR) is 61.2 cm³/mol. The summed E-state index contributed by atoms with van der Waals surface area (Å²) in [7, 11) is 0. The van der Waals surface area contributed by atoms with Crippen molar-refractivity contribution in [3.05, 3.63) is 28.0 Å². The number of hydrogen-bond donors (Lipinski definition) is 1. The number of nitrogens with zero attached hydrogens (tertiary/aromatic N) is 2. The van der Waals surface area contributed by atoms with Gasteiger partial charge in [-0.1, -0.05) is 0 Å². The van der Waals surface area contributed by atoms with Crippen molar-refractivity contribution in [3.8, 4) is 0 Å². The number of likely N-dealkylation sites (tertiary alicyclic amines) is 1. The van der Waals surface area contributed by atoms with E-state index in [1.165, 1.54) is 12.1 Å². The molecule has 2 aliphatic rings. The van der Waals surface area contributed by atoms with Gasteiger partial charge in [-0.2, -0.15) is 0 Å². The molecule has 7 nitrogen and oxygen atoms in total. The minimum absolute atomic E-state index is 0.0502. The average molecular weight is 251 g/mol. The first-order valence-corrected chi connectivity index (χ1v) is 5.93. The molecular weight excluding hydrogens is 238 g/mol. The zero-order valence-electron chi connectivity index (χ0n) is 9.67. The summed E-state index contributed by atoms with van der Waals surface area (Å²) in [6, 6.07) is 2.78. The Bertz CT molecular complexity index is 498. The maximum atomic E-state index is 12.2. The lowest BCUT2D eigenvalue weighted by atomic mass is 10.1. The number of carbonyl (C=O) groups excluding carboxylic acids is 1. The number of furan rings is 1. The molecule has 0 radical (unpaired) electrons. The molecule has 1 amide bonds. The Labute approximate surface area is 103 Å². The first kappa shape index (κ1) is 11.2. The van der Waals surface area contributed by atoms with Gasteiger partial charge >= 0.3 is 5.88 Å². The smallest absolute Gasteiger partial charge is 0.395 e. The Morgan fingerprint density at radius 2 is 2.33 bits per heavy atom. The molecular formula is C11H13N3O4. The lowest BCUT2D eigenvalue weighted by Gasteiger charge is -2.21. The second kappa shape index (κ2) is 4.09. The van der Waals surface area contributed by atoms with Crippen LogP contribution >= 0.6 is 0 Å². The van der Waals surface area contributed by atoms with Crippen LogP contribution in [0.25, 0.3) is 0 Å². The summed E-state index contributed by atoms with van der Waals surface area (Å²) >= 11 is 0. The zero-order chi connectivity index (χ0) is 12.7. The van der Waals surface area contributed by atoms with Crippen LogP contribution in [0.15, 0.2) is 16.5 Å². The summed E-state index contributed by atoms with van der Waals surface area (Å²) in [5, 5.41) is 13.8. The number of fused-ring (bicyclic) bond motifs is 1. The lowest BCUT2D eigenvalue weighted by Crippen LogP contribution is -2.38. The Morgan fingerprint density at radius 1 is 1.50 bits per heavy atom. The van der Waals surface area contributed by atoms with E-state index in [9.17, 15) is 14.9 Å². The van der Waals surface area contributed by atoms with Gasteiger partial charge in [0.1, 0.15) is 4.92 Å². The minimum Gasteiger partial charge on any atom is -0.395 e. The highest BCUT2D eigenvalue weighted by Gasteiger charge is 2.41. The topological polar surface area (TPSA) is 88.6 Å². The maximum absolute atomic E-state index is 12.2. The highest BCUT2D eigenvalue weighted by atomic mass is 16.6. The zero-order valence-corrected chi connectivity index (χ0v) is 9.67. The summed E-state index contributed by atoms with van der Waals surface area (Å²) < 4.78 is 4.96. The molecule has 2 atom stereocenters. The Kier molecular flexibility index (Phi) is 2.55. The second-order valence-electron chi connectivity index (χ2n) is 4.67. The van der Waals surface area contributed by atoms with Gasteiger partial charge in [0.05, 0.1) is 6.07 Å². The van der Waals surface area contributed by atoms with E-state index in [1.54, 1.807) is 4.90 Å².